The molecule has 0 unspecified atom stereocenters. The quantitative estimate of drug-likeness (QED) is 0.109. The molecule has 0 amide bonds. The summed E-state index contributed by atoms with van der Waals surface area (Å²) in [5.41, 5.74) is -2.14. The van der Waals surface area contributed by atoms with E-state index in [9.17, 15) is 66.1 Å². The molecule has 4 rings (SSSR count). The second-order valence-electron chi connectivity index (χ2n) is 10.9. The number of hydrogen-bond donors (Lipinski definition) is 12. The van der Waals surface area contributed by atoms with E-state index in [0.29, 0.717) is 5.56 Å². The van der Waals surface area contributed by atoms with Gasteiger partial charge in [0.2, 0.25) is 0 Å². The Morgan fingerprint density at radius 1 is 0.822 bits per heavy atom. The zero-order chi connectivity index (χ0) is 33.5. The predicted molar refractivity (Wildman–Crippen MR) is 149 cm³/mol. The van der Waals surface area contributed by atoms with Crippen molar-refractivity contribution in [1.82, 2.24) is 0 Å². The van der Waals surface area contributed by atoms with Gasteiger partial charge in [-0.2, -0.15) is 0 Å². The van der Waals surface area contributed by atoms with Crippen molar-refractivity contribution in [1.29, 1.82) is 0 Å². The number of rotatable bonds is 9. The summed E-state index contributed by atoms with van der Waals surface area (Å²) >= 11 is 0. The average molecular weight is 641 g/mol. The van der Waals surface area contributed by atoms with Gasteiger partial charge < -0.3 is 75.5 Å². The Bertz CT molecular complexity index is 1430. The third-order valence-electron chi connectivity index (χ3n) is 8.06. The zero-order valence-corrected chi connectivity index (χ0v) is 23.8. The molecule has 0 aromatic heterocycles. The van der Waals surface area contributed by atoms with Gasteiger partial charge in [-0.1, -0.05) is 12.6 Å². The van der Waals surface area contributed by atoms with Crippen molar-refractivity contribution in [2.75, 3.05) is 13.7 Å². The molecule has 2 aliphatic heterocycles. The standard InChI is InChI=1S/C29H36O16/c1-9(31)27-24(40)23(39)26(42)29(45-27)17-20(36)15(11(32)5-3-10-4-6-13(43-2)12(33)7-10)19(35)16(21(17)37)28-25(41)22(38)18(34)14(8-30)44-28/h4,6-7,14,18,22-31,33-42H,1,3,5,8H2,2H3/t14-,18-,22+,23+,24+,25-,26-,27-,28+,29+/m1/s1. The Morgan fingerprint density at radius 2 is 1.38 bits per heavy atom. The first-order valence-corrected chi connectivity index (χ1v) is 13.7. The van der Waals surface area contributed by atoms with Crippen LogP contribution in [-0.4, -0.2) is 130 Å². The van der Waals surface area contributed by atoms with Crippen molar-refractivity contribution >= 4 is 5.78 Å². The second-order valence-corrected chi connectivity index (χ2v) is 10.9. The van der Waals surface area contributed by atoms with Crippen molar-refractivity contribution < 1.29 is 80.3 Å². The number of aromatic hydroxyl groups is 4. The number of methoxy groups -OCH3 is 1. The highest BCUT2D eigenvalue weighted by Crippen LogP contribution is 2.53. The van der Waals surface area contributed by atoms with Crippen molar-refractivity contribution in [3.63, 3.8) is 0 Å². The molecule has 2 heterocycles. The number of hydrogen-bond acceptors (Lipinski definition) is 16. The van der Waals surface area contributed by atoms with Gasteiger partial charge in [0.15, 0.2) is 17.3 Å². The molecule has 2 aromatic rings. The number of ketones is 1. The predicted octanol–water partition coefficient (Wildman–Crippen LogP) is -1.56. The summed E-state index contributed by atoms with van der Waals surface area (Å²) in [6.45, 7) is 2.33. The number of phenols is 4. The number of ether oxygens (including phenoxy) is 3. The third kappa shape index (κ3) is 6.11. The lowest BCUT2D eigenvalue weighted by atomic mass is 9.83. The van der Waals surface area contributed by atoms with Crippen LogP contribution in [0.3, 0.4) is 0 Å². The number of carbonyl (C=O) groups excluding carboxylic acids is 1. The minimum absolute atomic E-state index is 0.0687. The van der Waals surface area contributed by atoms with Gasteiger partial charge >= 0.3 is 0 Å². The maximum Gasteiger partial charge on any atom is 0.170 e. The smallest absolute Gasteiger partial charge is 0.170 e. The molecule has 16 heteroatoms. The first kappa shape index (κ1) is 34.2. The van der Waals surface area contributed by atoms with E-state index < -0.39 is 120 Å². The van der Waals surface area contributed by atoms with Crippen LogP contribution in [0.25, 0.3) is 0 Å². The van der Waals surface area contributed by atoms with Crippen LogP contribution in [0.15, 0.2) is 30.5 Å². The molecule has 248 valence electrons. The molecule has 10 atom stereocenters. The normalized spacial score (nSPS) is 31.8. The van der Waals surface area contributed by atoms with E-state index in [4.69, 9.17) is 14.2 Å². The number of benzene rings is 2. The Kier molecular flexibility index (Phi) is 10.1. The lowest BCUT2D eigenvalue weighted by Gasteiger charge is -2.42. The summed E-state index contributed by atoms with van der Waals surface area (Å²) in [4.78, 5) is 13.6. The molecule has 0 radical (unpaired) electrons. The number of carbonyl (C=O) groups is 1. The van der Waals surface area contributed by atoms with Crippen LogP contribution in [0, 0.1) is 0 Å². The maximum absolute atomic E-state index is 13.6. The van der Waals surface area contributed by atoms with Crippen LogP contribution >= 0.6 is 0 Å². The number of aliphatic hydroxyl groups is 8. The number of aryl methyl sites for hydroxylation is 1. The molecule has 2 saturated heterocycles. The highest BCUT2D eigenvalue weighted by atomic mass is 16.6. The lowest BCUT2D eigenvalue weighted by Crippen LogP contribution is -2.55. The third-order valence-corrected chi connectivity index (χ3v) is 8.06. The van der Waals surface area contributed by atoms with Crippen molar-refractivity contribution in [3.8, 4) is 28.7 Å². The summed E-state index contributed by atoms with van der Waals surface area (Å²) in [5, 5.41) is 127. The fourth-order valence-corrected chi connectivity index (χ4v) is 5.56. The fourth-order valence-electron chi connectivity index (χ4n) is 5.56. The first-order chi connectivity index (χ1) is 21.2. The van der Waals surface area contributed by atoms with Crippen LogP contribution in [0.2, 0.25) is 0 Å². The molecule has 2 fully saturated rings. The van der Waals surface area contributed by atoms with Gasteiger partial charge in [0, 0.05) is 6.42 Å². The Hall–Kier alpha value is -3.71. The Morgan fingerprint density at radius 3 is 1.89 bits per heavy atom. The van der Waals surface area contributed by atoms with E-state index in [1.807, 2.05) is 0 Å². The SMILES string of the molecule is C=C(O)[C@H]1O[C@@H](c2c(O)c(C(=O)CCc3ccc(OC)c(O)c3)c(O)c([C@@H]3O[C@H](CO)[C@@H](O)[C@H](O)[C@H]3O)c2O)[C@H](O)[C@@H](O)[C@@H]1O. The maximum atomic E-state index is 13.6. The van der Waals surface area contributed by atoms with Gasteiger partial charge in [0.05, 0.1) is 24.8 Å². The zero-order valence-electron chi connectivity index (χ0n) is 23.8. The van der Waals surface area contributed by atoms with E-state index in [1.54, 1.807) is 0 Å². The molecule has 0 saturated carbocycles. The van der Waals surface area contributed by atoms with Crippen LogP contribution in [-0.2, 0) is 15.9 Å². The minimum Gasteiger partial charge on any atom is -0.510 e. The van der Waals surface area contributed by atoms with E-state index in [2.05, 4.69) is 6.58 Å². The number of aliphatic hydroxyl groups excluding tert-OH is 8. The molecule has 12 N–H and O–H groups in total. The van der Waals surface area contributed by atoms with Crippen LogP contribution in [0.1, 0.15) is 45.7 Å². The molecule has 0 spiro atoms. The molecule has 45 heavy (non-hydrogen) atoms. The first-order valence-electron chi connectivity index (χ1n) is 13.7. The fraction of sp³-hybridized carbons (Fsp3) is 0.483. The van der Waals surface area contributed by atoms with Crippen LogP contribution in [0.4, 0.5) is 0 Å². The summed E-state index contributed by atoms with van der Waals surface area (Å²) in [7, 11) is 1.34. The largest absolute Gasteiger partial charge is 0.510 e. The molecular weight excluding hydrogens is 604 g/mol. The van der Waals surface area contributed by atoms with Crippen molar-refractivity contribution in [2.45, 2.75) is 73.9 Å². The van der Waals surface area contributed by atoms with Gasteiger partial charge in [-0.3, -0.25) is 4.79 Å². The molecular formula is C29H36O16. The highest BCUT2D eigenvalue weighted by Gasteiger charge is 2.51. The molecule has 0 aliphatic carbocycles. The summed E-state index contributed by atoms with van der Waals surface area (Å²) in [6.07, 6.45) is -19.9. The summed E-state index contributed by atoms with van der Waals surface area (Å²) in [5.74, 6) is -5.33. The van der Waals surface area contributed by atoms with Crippen molar-refractivity contribution in [3.05, 3.63) is 52.8 Å². The van der Waals surface area contributed by atoms with Crippen LogP contribution < -0.4 is 4.74 Å². The van der Waals surface area contributed by atoms with E-state index in [1.165, 1.54) is 25.3 Å². The van der Waals surface area contributed by atoms with Gasteiger partial charge in [0.25, 0.3) is 0 Å². The highest BCUT2D eigenvalue weighted by molar-refractivity contribution is 6.02. The lowest BCUT2D eigenvalue weighted by molar-refractivity contribution is -0.232. The summed E-state index contributed by atoms with van der Waals surface area (Å²) in [6, 6.07) is 4.29. The monoisotopic (exact) mass is 640 g/mol. The molecule has 0 bridgehead atoms. The molecule has 2 aliphatic rings. The minimum atomic E-state index is -2.13. The number of phenolic OH excluding ortho intramolecular Hbond substituents is 4. The number of Topliss-reactive ketones (excluding diaryl/α,β-unsaturated/α-hetero) is 1. The average Bonchev–Trinajstić information content (AvgIpc) is 2.99. The van der Waals surface area contributed by atoms with E-state index in [-0.39, 0.29) is 17.9 Å². The van der Waals surface area contributed by atoms with Crippen molar-refractivity contribution in [2.24, 2.45) is 0 Å². The Balaban J connectivity index is 1.87. The van der Waals surface area contributed by atoms with E-state index >= 15 is 0 Å². The van der Waals surface area contributed by atoms with Crippen LogP contribution in [0.5, 0.6) is 28.7 Å². The van der Waals surface area contributed by atoms with Gasteiger partial charge in [-0.25, -0.2) is 0 Å². The van der Waals surface area contributed by atoms with Gasteiger partial charge in [0.1, 0.15) is 89.6 Å². The summed E-state index contributed by atoms with van der Waals surface area (Å²) < 4.78 is 15.9. The van der Waals surface area contributed by atoms with E-state index in [0.717, 1.165) is 0 Å². The Labute approximate surface area is 255 Å². The molecule has 16 nitrogen and oxygen atoms in total. The second kappa shape index (κ2) is 13.3. The van der Waals surface area contributed by atoms with Gasteiger partial charge in [-0.15, -0.1) is 0 Å². The molecule has 2 aromatic carbocycles. The van der Waals surface area contributed by atoms with Gasteiger partial charge in [-0.05, 0) is 24.1 Å². The topological polar surface area (TPSA) is 288 Å².